The van der Waals surface area contributed by atoms with Gasteiger partial charge in [0.2, 0.25) is 11.8 Å². The summed E-state index contributed by atoms with van der Waals surface area (Å²) in [6, 6.07) is -1.12. The second-order valence-electron chi connectivity index (χ2n) is 11.7. The van der Waals surface area contributed by atoms with Crippen molar-refractivity contribution in [2.75, 3.05) is 164 Å². The summed E-state index contributed by atoms with van der Waals surface area (Å²) in [5, 5.41) is 19.8. The maximum atomic E-state index is 12.6. The smallest absolute Gasteiger partial charge is 0.321 e. The average molecular weight is 828 g/mol. The lowest BCUT2D eigenvalue weighted by Gasteiger charge is -2.15. The van der Waals surface area contributed by atoms with Crippen LogP contribution in [0, 0.1) is 5.41 Å². The van der Waals surface area contributed by atoms with Crippen LogP contribution in [0.25, 0.3) is 0 Å². The Kier molecular flexibility index (Phi) is 35.2. The highest BCUT2D eigenvalue weighted by molar-refractivity contribution is 8.00. The van der Waals surface area contributed by atoms with E-state index in [0.29, 0.717) is 145 Å². The lowest BCUT2D eigenvalue weighted by atomic mass is 10.3. The van der Waals surface area contributed by atoms with Gasteiger partial charge in [0, 0.05) is 25.0 Å². The lowest BCUT2D eigenvalue weighted by molar-refractivity contribution is -0.139. The number of nitrogens with one attached hydrogen (secondary N) is 2. The van der Waals surface area contributed by atoms with Crippen molar-refractivity contribution in [2.24, 2.45) is 10.8 Å². The molecule has 1 aliphatic heterocycles. The number of carboxylic acids is 1. The van der Waals surface area contributed by atoms with Crippen LogP contribution in [0.15, 0.2) is 5.10 Å². The highest BCUT2D eigenvalue weighted by Crippen LogP contribution is 2.25. The molecule has 1 aliphatic rings. The molecule has 56 heavy (non-hydrogen) atoms. The van der Waals surface area contributed by atoms with Crippen molar-refractivity contribution >= 4 is 41.5 Å². The largest absolute Gasteiger partial charge is 0.480 e. The predicted octanol–water partition coefficient (Wildman–Crippen LogP) is -0.553. The fourth-order valence-electron chi connectivity index (χ4n) is 4.24. The van der Waals surface area contributed by atoms with Crippen LogP contribution in [0.2, 0.25) is 0 Å². The third kappa shape index (κ3) is 29.8. The Morgan fingerprint density at radius 3 is 1.43 bits per heavy atom. The van der Waals surface area contributed by atoms with E-state index >= 15 is 0 Å². The van der Waals surface area contributed by atoms with Gasteiger partial charge in [0.1, 0.15) is 6.04 Å². The number of hydrazone groups is 1. The van der Waals surface area contributed by atoms with E-state index in [1.807, 2.05) is 0 Å². The Morgan fingerprint density at radius 2 is 1.09 bits per heavy atom. The number of carboxylic acid groups (broad SMARTS) is 1. The van der Waals surface area contributed by atoms with Gasteiger partial charge in [-0.3, -0.25) is 19.3 Å². The molecule has 0 aromatic heterocycles. The summed E-state index contributed by atoms with van der Waals surface area (Å²) in [5.74, 6) is -2.03. The summed E-state index contributed by atoms with van der Waals surface area (Å²) >= 11 is 1.03. The molecule has 1 saturated heterocycles. The van der Waals surface area contributed by atoms with Gasteiger partial charge in [0.15, 0.2) is 0 Å². The molecule has 2 atom stereocenters. The fourth-order valence-corrected chi connectivity index (χ4v) is 5.35. The molecule has 0 radical (unpaired) electrons. The molecular weight excluding hydrogens is 762 g/mol. The number of nitrogens with zero attached hydrogens (tertiary/aromatic N) is 2. The van der Waals surface area contributed by atoms with E-state index in [-0.39, 0.29) is 24.4 Å². The lowest BCUT2D eigenvalue weighted by Crippen LogP contribution is -2.38. The van der Waals surface area contributed by atoms with Gasteiger partial charge in [-0.25, -0.2) is 0 Å². The number of aliphatic carboxylic acids is 1. The van der Waals surface area contributed by atoms with Crippen molar-refractivity contribution in [1.29, 1.82) is 5.41 Å². The Balaban J connectivity index is 1.79. The Morgan fingerprint density at radius 1 is 0.732 bits per heavy atom. The van der Waals surface area contributed by atoms with Crippen LogP contribution < -0.4 is 11.2 Å². The minimum absolute atomic E-state index is 0.00749. The quantitative estimate of drug-likeness (QED) is 0.0260. The van der Waals surface area contributed by atoms with Crippen LogP contribution in [-0.2, 0) is 66.5 Å². The fraction of sp³-hybridized carbons (Fsp3) is 0.857. The topological polar surface area (TPSA) is 250 Å². The first-order valence-corrected chi connectivity index (χ1v) is 20.0. The molecule has 0 bridgehead atoms. The monoisotopic (exact) mass is 827 g/mol. The van der Waals surface area contributed by atoms with Gasteiger partial charge in [-0.1, -0.05) is 6.92 Å². The van der Waals surface area contributed by atoms with Crippen LogP contribution in [0.3, 0.4) is 0 Å². The molecule has 0 aromatic rings. The molecule has 1 heterocycles. The van der Waals surface area contributed by atoms with Gasteiger partial charge >= 0.3 is 5.97 Å². The van der Waals surface area contributed by atoms with E-state index < -0.39 is 29.1 Å². The first-order chi connectivity index (χ1) is 27.4. The first kappa shape index (κ1) is 51.6. The first-order valence-electron chi connectivity index (χ1n) is 19.0. The number of carbonyl (C=O) groups excluding carboxylic acids is 2. The van der Waals surface area contributed by atoms with Gasteiger partial charge in [-0.2, -0.15) is 5.10 Å². The number of thioether (sulfide) groups is 1. The minimum atomic E-state index is -1.18. The molecule has 2 unspecified atom stereocenters. The van der Waals surface area contributed by atoms with E-state index in [9.17, 15) is 14.4 Å². The number of carbonyl (C=O) groups is 3. The van der Waals surface area contributed by atoms with Gasteiger partial charge in [0.25, 0.3) is 0 Å². The maximum absolute atomic E-state index is 12.6. The zero-order valence-corrected chi connectivity index (χ0v) is 33.7. The third-order valence-corrected chi connectivity index (χ3v) is 8.46. The van der Waals surface area contributed by atoms with Crippen LogP contribution in [0.4, 0.5) is 0 Å². The summed E-state index contributed by atoms with van der Waals surface area (Å²) in [6.07, 6.45) is 1.91. The Labute approximate surface area is 334 Å². The molecule has 1 fully saturated rings. The summed E-state index contributed by atoms with van der Waals surface area (Å²) in [5.41, 5.74) is 8.41. The van der Waals surface area contributed by atoms with Crippen molar-refractivity contribution < 1.29 is 71.6 Å². The zero-order valence-electron chi connectivity index (χ0n) is 32.9. The minimum Gasteiger partial charge on any atom is -0.480 e. The molecule has 1 rings (SSSR count). The Bertz CT molecular complexity index is 1040. The molecule has 0 spiro atoms. The molecule has 326 valence electrons. The number of hydrogen-bond donors (Lipinski definition) is 4. The van der Waals surface area contributed by atoms with E-state index in [1.165, 1.54) is 0 Å². The van der Waals surface area contributed by atoms with Crippen molar-refractivity contribution in [3.63, 3.8) is 0 Å². The highest BCUT2D eigenvalue weighted by Gasteiger charge is 2.39. The highest BCUT2D eigenvalue weighted by atomic mass is 32.2. The zero-order chi connectivity index (χ0) is 40.7. The molecule has 2 amide bonds. The van der Waals surface area contributed by atoms with Crippen molar-refractivity contribution in [3.8, 4) is 0 Å². The van der Waals surface area contributed by atoms with Gasteiger partial charge in [-0.05, 0) is 6.42 Å². The molecule has 21 heteroatoms. The average Bonchev–Trinajstić information content (AvgIpc) is 3.46. The molecule has 5 N–H and O–H groups in total. The van der Waals surface area contributed by atoms with Gasteiger partial charge in [0.05, 0.1) is 163 Å². The van der Waals surface area contributed by atoms with Crippen LogP contribution in [-0.4, -0.2) is 215 Å². The van der Waals surface area contributed by atoms with E-state index in [4.69, 9.17) is 68.4 Å². The van der Waals surface area contributed by atoms with Crippen molar-refractivity contribution in [3.05, 3.63) is 0 Å². The van der Waals surface area contributed by atoms with Crippen LogP contribution in [0.1, 0.15) is 19.8 Å². The number of hydrogen-bond acceptors (Lipinski definition) is 19. The van der Waals surface area contributed by atoms with E-state index in [2.05, 4.69) is 17.5 Å². The SMILES string of the molecule is CCCOCCOCCOCCOCCOCCOCCOCCOCCOCCOCCOCCNN=C(C=N)CN1C(=O)CC(SCC(N)C(=O)O)C1=O. The number of amides is 2. The van der Waals surface area contributed by atoms with E-state index in [0.717, 1.165) is 35.9 Å². The number of nitrogens with two attached hydrogens (primary N) is 1. The molecule has 0 aliphatic carbocycles. The molecule has 20 nitrogen and oxygen atoms in total. The third-order valence-electron chi connectivity index (χ3n) is 7.13. The van der Waals surface area contributed by atoms with Crippen LogP contribution >= 0.6 is 11.8 Å². The number of ether oxygens (including phenoxy) is 11. The van der Waals surface area contributed by atoms with Gasteiger partial charge < -0.3 is 73.8 Å². The summed E-state index contributed by atoms with van der Waals surface area (Å²) < 4.78 is 59.9. The van der Waals surface area contributed by atoms with Crippen LogP contribution in [0.5, 0.6) is 0 Å². The molecule has 0 aromatic carbocycles. The Hall–Kier alpha value is -2.38. The normalized spacial score (nSPS) is 15.2. The number of rotatable bonds is 43. The predicted molar refractivity (Wildman–Crippen MR) is 207 cm³/mol. The second kappa shape index (κ2) is 38.2. The molecular formula is C35H65N5O15S. The number of imide groups is 1. The summed E-state index contributed by atoms with van der Waals surface area (Å²) in [6.45, 7) is 13.0. The maximum Gasteiger partial charge on any atom is 0.321 e. The standard InChI is InChI=1S/C35H65N5O15S/c1-2-4-45-6-8-47-10-12-49-14-16-51-18-20-53-22-24-55-25-23-54-21-19-52-17-15-50-13-11-48-9-7-46-5-3-38-39-30(27-36)28-40-33(41)26-32(34(40)42)56-29-31(37)35(43)44/h27,31-32,36,38H,2-26,28-29,37H2,1H3,(H,43,44). The summed E-state index contributed by atoms with van der Waals surface area (Å²) in [7, 11) is 0. The molecule has 0 saturated carbocycles. The number of likely N-dealkylation sites (tertiary alicyclic amines) is 1. The van der Waals surface area contributed by atoms with Crippen molar-refractivity contribution in [1.82, 2.24) is 10.3 Å². The van der Waals surface area contributed by atoms with E-state index in [1.54, 1.807) is 0 Å². The van der Waals surface area contributed by atoms with Gasteiger partial charge in [-0.15, -0.1) is 11.8 Å². The summed E-state index contributed by atoms with van der Waals surface area (Å²) in [4.78, 5) is 36.8. The second-order valence-corrected chi connectivity index (χ2v) is 12.9. The van der Waals surface area contributed by atoms with Crippen molar-refractivity contribution in [2.45, 2.75) is 31.1 Å².